The molecule has 0 aliphatic rings. The van der Waals surface area contributed by atoms with E-state index >= 15 is 0 Å². The Bertz CT molecular complexity index is 1070. The Morgan fingerprint density at radius 2 is 1.79 bits per heavy atom. The van der Waals surface area contributed by atoms with Crippen LogP contribution >= 0.6 is 0 Å². The Morgan fingerprint density at radius 1 is 1.04 bits per heavy atom. The minimum absolute atomic E-state index is 0.0150. The third kappa shape index (κ3) is 3.70. The van der Waals surface area contributed by atoms with Crippen LogP contribution in [0.1, 0.15) is 21.9 Å². The molecular weight excluding hydrogens is 362 g/mol. The topological polar surface area (TPSA) is 132 Å². The maximum absolute atomic E-state index is 11.0. The van der Waals surface area contributed by atoms with Gasteiger partial charge in [-0.25, -0.2) is 14.1 Å². The smallest absolute Gasteiger partial charge is 0.362 e. The molecule has 0 radical (unpaired) electrons. The number of aromatic nitrogens is 6. The highest BCUT2D eigenvalue weighted by molar-refractivity contribution is 5.90. The Kier molecular flexibility index (Phi) is 4.74. The largest absolute Gasteiger partial charge is 0.476 e. The van der Waals surface area contributed by atoms with Crippen molar-refractivity contribution in [2.45, 2.75) is 13.1 Å². The van der Waals surface area contributed by atoms with Gasteiger partial charge in [0.25, 0.3) is 0 Å². The summed E-state index contributed by atoms with van der Waals surface area (Å²) >= 11 is 0. The van der Waals surface area contributed by atoms with Crippen LogP contribution in [0.25, 0.3) is 11.1 Å². The van der Waals surface area contributed by atoms with E-state index in [2.05, 4.69) is 60.1 Å². The molecule has 0 fully saturated rings. The number of anilines is 1. The second-order valence-electron chi connectivity index (χ2n) is 5.94. The van der Waals surface area contributed by atoms with Gasteiger partial charge in [0.1, 0.15) is 6.67 Å². The lowest BCUT2D eigenvalue weighted by molar-refractivity contribution is 0.0685. The molecule has 10 heteroatoms. The van der Waals surface area contributed by atoms with Gasteiger partial charge in [0.2, 0.25) is 11.5 Å². The van der Waals surface area contributed by atoms with E-state index in [-0.39, 0.29) is 18.2 Å². The van der Waals surface area contributed by atoms with Gasteiger partial charge in [-0.3, -0.25) is 0 Å². The molecule has 10 nitrogen and oxygen atoms in total. The van der Waals surface area contributed by atoms with Gasteiger partial charge in [0.15, 0.2) is 5.82 Å². The summed E-state index contributed by atoms with van der Waals surface area (Å²) in [4.78, 5) is 11.0. The molecule has 0 aliphatic heterocycles. The van der Waals surface area contributed by atoms with Gasteiger partial charge in [-0.2, -0.15) is 0 Å². The van der Waals surface area contributed by atoms with Crippen LogP contribution in [0, 0.1) is 0 Å². The average Bonchev–Trinajstić information content (AvgIpc) is 3.37. The first-order chi connectivity index (χ1) is 13.7. The van der Waals surface area contributed by atoms with E-state index in [0.717, 1.165) is 16.7 Å². The molecule has 140 valence electrons. The van der Waals surface area contributed by atoms with Crippen molar-refractivity contribution >= 4 is 11.8 Å². The number of aromatic carboxylic acids is 1. The molecule has 28 heavy (non-hydrogen) atoms. The number of carboxylic acid groups (broad SMARTS) is 1. The number of rotatable bonds is 7. The van der Waals surface area contributed by atoms with Gasteiger partial charge in [-0.05, 0) is 37.4 Å². The molecule has 0 saturated carbocycles. The molecule has 0 atom stereocenters. The first kappa shape index (κ1) is 17.3. The fraction of sp³-hybridized carbons (Fsp3) is 0.111. The van der Waals surface area contributed by atoms with Crippen molar-refractivity contribution in [1.82, 2.24) is 30.5 Å². The van der Waals surface area contributed by atoms with Crippen LogP contribution < -0.4 is 5.32 Å². The predicted octanol–water partition coefficient (Wildman–Crippen LogP) is 2.08. The quantitative estimate of drug-likeness (QED) is 0.497. The maximum atomic E-state index is 11.0. The van der Waals surface area contributed by atoms with Crippen molar-refractivity contribution in [1.29, 1.82) is 0 Å². The zero-order valence-corrected chi connectivity index (χ0v) is 14.6. The highest BCUT2D eigenvalue weighted by Gasteiger charge is 2.17. The maximum Gasteiger partial charge on any atom is 0.362 e. The molecule has 0 saturated heterocycles. The number of carbonyl (C=O) groups is 1. The van der Waals surface area contributed by atoms with Gasteiger partial charge in [0, 0.05) is 6.42 Å². The molecule has 2 heterocycles. The van der Waals surface area contributed by atoms with Crippen molar-refractivity contribution in [2.75, 3.05) is 5.32 Å². The molecule has 0 bridgehead atoms. The number of hydrogen-bond donors (Lipinski definition) is 2. The van der Waals surface area contributed by atoms with Crippen LogP contribution in [-0.2, 0) is 13.1 Å². The van der Waals surface area contributed by atoms with E-state index in [4.69, 9.17) is 5.11 Å². The van der Waals surface area contributed by atoms with Crippen LogP contribution in [-0.4, -0.2) is 41.6 Å². The Hall–Kier alpha value is -4.08. The Balaban J connectivity index is 1.44. The summed E-state index contributed by atoms with van der Waals surface area (Å²) < 4.78 is 5.97. The standard InChI is InChI=1S/C18H15N7O3/c26-18(27)16-17(22-28-21-16)19-11-25-15(20-23-24-25)10-12-6-8-14(9-7-12)13-4-2-1-3-5-13/h1-9H,10-11H2,(H,19,22)(H,26,27). The minimum atomic E-state index is -1.24. The average molecular weight is 377 g/mol. The number of tetrazole rings is 1. The molecule has 0 unspecified atom stereocenters. The summed E-state index contributed by atoms with van der Waals surface area (Å²) in [6.07, 6.45) is 0.520. The summed E-state index contributed by atoms with van der Waals surface area (Å²) in [5.41, 5.74) is 3.03. The summed E-state index contributed by atoms with van der Waals surface area (Å²) in [5.74, 6) is -0.603. The number of benzene rings is 2. The third-order valence-corrected chi connectivity index (χ3v) is 4.12. The number of hydrogen-bond acceptors (Lipinski definition) is 8. The normalized spacial score (nSPS) is 10.7. The molecule has 0 spiro atoms. The molecule has 4 rings (SSSR count). The molecule has 2 N–H and O–H groups in total. The predicted molar refractivity (Wildman–Crippen MR) is 97.4 cm³/mol. The van der Waals surface area contributed by atoms with Crippen molar-refractivity contribution < 1.29 is 14.5 Å². The second-order valence-corrected chi connectivity index (χ2v) is 5.94. The zero-order valence-electron chi connectivity index (χ0n) is 14.6. The van der Waals surface area contributed by atoms with Crippen LogP contribution in [0.15, 0.2) is 59.2 Å². The summed E-state index contributed by atoms with van der Waals surface area (Å²) in [6.45, 7) is 0.124. The van der Waals surface area contributed by atoms with Crippen molar-refractivity contribution in [3.8, 4) is 11.1 Å². The van der Waals surface area contributed by atoms with E-state index in [9.17, 15) is 4.79 Å². The first-order valence-electron chi connectivity index (χ1n) is 8.40. The van der Waals surface area contributed by atoms with Gasteiger partial charge in [-0.1, -0.05) is 54.6 Å². The van der Waals surface area contributed by atoms with E-state index in [0.29, 0.717) is 12.2 Å². The number of carboxylic acids is 1. The number of nitrogens with one attached hydrogen (secondary N) is 1. The highest BCUT2D eigenvalue weighted by atomic mass is 16.6. The SMILES string of the molecule is O=C(O)c1nonc1NCn1nnnc1Cc1ccc(-c2ccccc2)cc1. The molecule has 2 aromatic carbocycles. The lowest BCUT2D eigenvalue weighted by Crippen LogP contribution is -2.15. The van der Waals surface area contributed by atoms with Crippen LogP contribution in [0.5, 0.6) is 0 Å². The zero-order chi connectivity index (χ0) is 19.3. The molecule has 4 aromatic rings. The monoisotopic (exact) mass is 377 g/mol. The van der Waals surface area contributed by atoms with Gasteiger partial charge in [0.05, 0.1) is 0 Å². The highest BCUT2D eigenvalue weighted by Crippen LogP contribution is 2.20. The lowest BCUT2D eigenvalue weighted by Gasteiger charge is -2.07. The first-order valence-corrected chi connectivity index (χ1v) is 8.40. The number of nitrogens with zero attached hydrogens (tertiary/aromatic N) is 6. The lowest BCUT2D eigenvalue weighted by atomic mass is 10.0. The Morgan fingerprint density at radius 3 is 2.54 bits per heavy atom. The minimum Gasteiger partial charge on any atom is -0.476 e. The molecular formula is C18H15N7O3. The third-order valence-electron chi connectivity index (χ3n) is 4.12. The van der Waals surface area contributed by atoms with Crippen LogP contribution in [0.4, 0.5) is 5.82 Å². The molecule has 0 amide bonds. The van der Waals surface area contributed by atoms with E-state index in [1.165, 1.54) is 4.68 Å². The second kappa shape index (κ2) is 7.66. The van der Waals surface area contributed by atoms with Crippen molar-refractivity contribution in [3.05, 3.63) is 71.7 Å². The van der Waals surface area contributed by atoms with E-state index < -0.39 is 5.97 Å². The van der Waals surface area contributed by atoms with Gasteiger partial charge < -0.3 is 10.4 Å². The van der Waals surface area contributed by atoms with Gasteiger partial charge in [-0.15, -0.1) is 5.10 Å². The molecule has 2 aromatic heterocycles. The Labute approximate surface area is 158 Å². The fourth-order valence-electron chi connectivity index (χ4n) is 2.70. The van der Waals surface area contributed by atoms with Crippen LogP contribution in [0.3, 0.4) is 0 Å². The van der Waals surface area contributed by atoms with Crippen LogP contribution in [0.2, 0.25) is 0 Å². The van der Waals surface area contributed by atoms with E-state index in [1.807, 2.05) is 30.3 Å². The summed E-state index contributed by atoms with van der Waals surface area (Å²) in [7, 11) is 0. The van der Waals surface area contributed by atoms with E-state index in [1.54, 1.807) is 0 Å². The van der Waals surface area contributed by atoms with Crippen molar-refractivity contribution in [3.63, 3.8) is 0 Å². The van der Waals surface area contributed by atoms with Crippen molar-refractivity contribution in [2.24, 2.45) is 0 Å². The molecule has 0 aliphatic carbocycles. The fourth-order valence-corrected chi connectivity index (χ4v) is 2.70. The summed E-state index contributed by atoms with van der Waals surface area (Å²) in [6, 6.07) is 18.3. The van der Waals surface area contributed by atoms with Gasteiger partial charge >= 0.3 is 5.97 Å². The summed E-state index contributed by atoms with van der Waals surface area (Å²) in [5, 5.41) is 30.3.